The predicted molar refractivity (Wildman–Crippen MR) is 128 cm³/mol. The Morgan fingerprint density at radius 3 is 2.72 bits per heavy atom. The van der Waals surface area contributed by atoms with Crippen LogP contribution in [-0.4, -0.2) is 27.6 Å². The lowest BCUT2D eigenvalue weighted by Crippen LogP contribution is -2.29. The number of amides is 2. The average Bonchev–Trinajstić information content (AvgIpc) is 3.28. The molecule has 9 heteroatoms. The number of thioether (sulfide) groups is 1. The zero-order valence-electron chi connectivity index (χ0n) is 15.3. The Bertz CT molecular complexity index is 945. The van der Waals surface area contributed by atoms with E-state index in [1.54, 1.807) is 34.4 Å². The molecule has 2 aromatic rings. The standard InChI is InChI=1S/C20H18Cl2N2O2S3/c21-15-8-7-13(11-16(15)22)23-18(25)6-2-1-3-9-24-19(26)17(29-20(24)27)12-14-5-4-10-28-14/h4-5,7-8,10-12H,1-3,6,9H2,(H,23,25)/b17-12-. The van der Waals surface area contributed by atoms with Gasteiger partial charge in [0.05, 0.1) is 15.0 Å². The number of rotatable bonds is 8. The van der Waals surface area contributed by atoms with Crippen LogP contribution in [-0.2, 0) is 9.59 Å². The van der Waals surface area contributed by atoms with Crippen LogP contribution in [0.5, 0.6) is 0 Å². The highest BCUT2D eigenvalue weighted by Gasteiger charge is 2.31. The summed E-state index contributed by atoms with van der Waals surface area (Å²) in [4.78, 5) is 27.9. The fraction of sp³-hybridized carbons (Fsp3) is 0.250. The van der Waals surface area contributed by atoms with Crippen LogP contribution in [0.3, 0.4) is 0 Å². The molecule has 1 fully saturated rings. The number of nitrogens with one attached hydrogen (secondary N) is 1. The van der Waals surface area contributed by atoms with Crippen molar-refractivity contribution in [3.05, 3.63) is 55.5 Å². The minimum absolute atomic E-state index is 0.0363. The number of carbonyl (C=O) groups excluding carboxylic acids is 2. The number of benzene rings is 1. The zero-order valence-corrected chi connectivity index (χ0v) is 19.3. The van der Waals surface area contributed by atoms with E-state index in [-0.39, 0.29) is 11.8 Å². The number of hydrogen-bond donors (Lipinski definition) is 1. The van der Waals surface area contributed by atoms with Crippen molar-refractivity contribution >= 4 is 86.4 Å². The van der Waals surface area contributed by atoms with E-state index in [0.29, 0.717) is 37.9 Å². The molecule has 0 radical (unpaired) electrons. The van der Waals surface area contributed by atoms with Gasteiger partial charge in [-0.05, 0) is 48.6 Å². The number of unbranched alkanes of at least 4 members (excludes halogenated alkanes) is 2. The van der Waals surface area contributed by atoms with Gasteiger partial charge >= 0.3 is 0 Å². The van der Waals surface area contributed by atoms with Crippen LogP contribution >= 0.6 is 58.5 Å². The largest absolute Gasteiger partial charge is 0.326 e. The van der Waals surface area contributed by atoms with Crippen LogP contribution in [0.1, 0.15) is 30.6 Å². The Hall–Kier alpha value is -1.38. The molecule has 152 valence electrons. The summed E-state index contributed by atoms with van der Waals surface area (Å²) in [6, 6.07) is 8.91. The van der Waals surface area contributed by atoms with E-state index in [1.807, 2.05) is 23.6 Å². The van der Waals surface area contributed by atoms with Gasteiger partial charge in [-0.25, -0.2) is 0 Å². The summed E-state index contributed by atoms with van der Waals surface area (Å²) in [5.74, 6) is -0.112. The Labute approximate surface area is 193 Å². The molecule has 4 nitrogen and oxygen atoms in total. The molecule has 1 aromatic carbocycles. The van der Waals surface area contributed by atoms with E-state index in [4.69, 9.17) is 35.4 Å². The molecule has 1 N–H and O–H groups in total. The second-order valence-electron chi connectivity index (χ2n) is 6.34. The molecular weight excluding hydrogens is 467 g/mol. The maximum atomic E-state index is 12.5. The zero-order chi connectivity index (χ0) is 20.8. The van der Waals surface area contributed by atoms with E-state index < -0.39 is 0 Å². The second kappa shape index (κ2) is 10.6. The molecule has 0 saturated carbocycles. The van der Waals surface area contributed by atoms with Gasteiger partial charge in [0.15, 0.2) is 0 Å². The van der Waals surface area contributed by atoms with Gasteiger partial charge in [0, 0.05) is 23.5 Å². The summed E-state index contributed by atoms with van der Waals surface area (Å²) in [5.41, 5.74) is 0.625. The van der Waals surface area contributed by atoms with E-state index in [9.17, 15) is 9.59 Å². The van der Waals surface area contributed by atoms with Crippen LogP contribution < -0.4 is 5.32 Å². The van der Waals surface area contributed by atoms with Crippen LogP contribution in [0.2, 0.25) is 10.0 Å². The van der Waals surface area contributed by atoms with Crippen LogP contribution in [0.15, 0.2) is 40.6 Å². The minimum atomic E-state index is -0.0760. The molecule has 0 aliphatic carbocycles. The van der Waals surface area contributed by atoms with E-state index >= 15 is 0 Å². The molecule has 2 amide bonds. The van der Waals surface area contributed by atoms with E-state index in [2.05, 4.69) is 5.32 Å². The summed E-state index contributed by atoms with van der Waals surface area (Å²) in [5, 5.41) is 5.64. The van der Waals surface area contributed by atoms with Crippen molar-refractivity contribution in [3.63, 3.8) is 0 Å². The maximum Gasteiger partial charge on any atom is 0.266 e. The predicted octanol–water partition coefficient (Wildman–Crippen LogP) is 6.46. The Morgan fingerprint density at radius 1 is 1.17 bits per heavy atom. The van der Waals surface area contributed by atoms with Gasteiger partial charge in [-0.1, -0.05) is 59.7 Å². The topological polar surface area (TPSA) is 49.4 Å². The Balaban J connectivity index is 1.39. The average molecular weight is 485 g/mol. The van der Waals surface area contributed by atoms with Crippen molar-refractivity contribution in [1.82, 2.24) is 4.90 Å². The van der Waals surface area contributed by atoms with Crippen molar-refractivity contribution in [2.75, 3.05) is 11.9 Å². The van der Waals surface area contributed by atoms with Crippen molar-refractivity contribution in [2.45, 2.75) is 25.7 Å². The smallest absolute Gasteiger partial charge is 0.266 e. The first-order chi connectivity index (χ1) is 13.9. The minimum Gasteiger partial charge on any atom is -0.326 e. The van der Waals surface area contributed by atoms with Gasteiger partial charge < -0.3 is 5.32 Å². The van der Waals surface area contributed by atoms with Crippen molar-refractivity contribution in [3.8, 4) is 0 Å². The quantitative estimate of drug-likeness (QED) is 0.265. The van der Waals surface area contributed by atoms with Crippen LogP contribution in [0.4, 0.5) is 5.69 Å². The normalized spacial score (nSPS) is 15.4. The number of thiocarbonyl (C=S) groups is 1. The van der Waals surface area contributed by atoms with Gasteiger partial charge in [-0.15, -0.1) is 11.3 Å². The molecule has 1 saturated heterocycles. The first-order valence-electron chi connectivity index (χ1n) is 8.98. The van der Waals surface area contributed by atoms with Gasteiger partial charge in [0.2, 0.25) is 5.91 Å². The number of nitrogens with zero attached hydrogens (tertiary/aromatic N) is 1. The molecule has 29 heavy (non-hydrogen) atoms. The SMILES string of the molecule is O=C(CCCCCN1C(=O)/C(=C/c2cccs2)SC1=S)Nc1ccc(Cl)c(Cl)c1. The summed E-state index contributed by atoms with van der Waals surface area (Å²) in [7, 11) is 0. The molecule has 0 bridgehead atoms. The molecule has 1 aliphatic rings. The summed E-state index contributed by atoms with van der Waals surface area (Å²) >= 11 is 20.1. The second-order valence-corrected chi connectivity index (χ2v) is 9.81. The maximum absolute atomic E-state index is 12.5. The molecule has 2 heterocycles. The van der Waals surface area contributed by atoms with E-state index in [0.717, 1.165) is 24.1 Å². The number of carbonyl (C=O) groups is 2. The van der Waals surface area contributed by atoms with Crippen molar-refractivity contribution in [1.29, 1.82) is 0 Å². The first-order valence-corrected chi connectivity index (χ1v) is 11.8. The highest BCUT2D eigenvalue weighted by atomic mass is 35.5. The highest BCUT2D eigenvalue weighted by molar-refractivity contribution is 8.26. The third kappa shape index (κ3) is 6.30. The molecule has 1 aliphatic heterocycles. The monoisotopic (exact) mass is 484 g/mol. The van der Waals surface area contributed by atoms with E-state index in [1.165, 1.54) is 11.8 Å². The summed E-state index contributed by atoms with van der Waals surface area (Å²) in [6.45, 7) is 0.570. The molecule has 0 unspecified atom stereocenters. The lowest BCUT2D eigenvalue weighted by molar-refractivity contribution is -0.122. The third-order valence-electron chi connectivity index (χ3n) is 4.18. The third-order valence-corrected chi connectivity index (χ3v) is 7.12. The number of halogens is 2. The summed E-state index contributed by atoms with van der Waals surface area (Å²) in [6.07, 6.45) is 4.63. The van der Waals surface area contributed by atoms with Gasteiger partial charge in [0.25, 0.3) is 5.91 Å². The molecule has 0 atom stereocenters. The fourth-order valence-electron chi connectivity index (χ4n) is 2.72. The van der Waals surface area contributed by atoms with Crippen molar-refractivity contribution in [2.24, 2.45) is 0 Å². The lowest BCUT2D eigenvalue weighted by atomic mass is 10.1. The lowest BCUT2D eigenvalue weighted by Gasteiger charge is -2.14. The highest BCUT2D eigenvalue weighted by Crippen LogP contribution is 2.33. The van der Waals surface area contributed by atoms with Gasteiger partial charge in [-0.2, -0.15) is 0 Å². The number of anilines is 1. The molecule has 3 rings (SSSR count). The Kier molecular flexibility index (Phi) is 8.15. The number of hydrogen-bond acceptors (Lipinski definition) is 5. The van der Waals surface area contributed by atoms with Crippen LogP contribution in [0.25, 0.3) is 6.08 Å². The van der Waals surface area contributed by atoms with Crippen LogP contribution in [0, 0.1) is 0 Å². The molecular formula is C20H18Cl2N2O2S3. The first kappa shape index (κ1) is 22.3. The number of thiophene rings is 1. The Morgan fingerprint density at radius 2 is 2.00 bits per heavy atom. The fourth-order valence-corrected chi connectivity index (χ4v) is 5.05. The van der Waals surface area contributed by atoms with Gasteiger partial charge in [-0.3, -0.25) is 14.5 Å². The van der Waals surface area contributed by atoms with Gasteiger partial charge in [0.1, 0.15) is 4.32 Å². The molecule has 0 spiro atoms. The van der Waals surface area contributed by atoms with Crippen molar-refractivity contribution < 1.29 is 9.59 Å². The summed E-state index contributed by atoms with van der Waals surface area (Å²) < 4.78 is 0.593. The molecule has 1 aromatic heterocycles.